The van der Waals surface area contributed by atoms with E-state index in [9.17, 15) is 14.4 Å². The van der Waals surface area contributed by atoms with Gasteiger partial charge in [-0.3, -0.25) is 14.4 Å². The van der Waals surface area contributed by atoms with E-state index < -0.39 is 0 Å². The smallest absolute Gasteiger partial charge is 0.264 e. The number of amides is 2. The van der Waals surface area contributed by atoms with Crippen molar-refractivity contribution in [2.45, 2.75) is 13.3 Å². The van der Waals surface area contributed by atoms with Crippen molar-refractivity contribution in [2.75, 3.05) is 19.6 Å². The van der Waals surface area contributed by atoms with E-state index in [0.717, 1.165) is 0 Å². The molecule has 2 aromatic heterocycles. The molecule has 1 aliphatic rings. The van der Waals surface area contributed by atoms with E-state index >= 15 is 0 Å². The lowest BCUT2D eigenvalue weighted by molar-refractivity contribution is -0.120. The normalized spacial score (nSPS) is 15.9. The molecular weight excluding hydrogens is 292 g/mol. The topological polar surface area (TPSA) is 95.2 Å². The van der Waals surface area contributed by atoms with Crippen molar-refractivity contribution in [3.05, 3.63) is 27.1 Å². The molecule has 21 heavy (non-hydrogen) atoms. The molecule has 2 N–H and O–H groups in total. The number of carbonyl (C=O) groups is 2. The zero-order chi connectivity index (χ0) is 15.0. The Morgan fingerprint density at radius 2 is 2.19 bits per heavy atom. The molecular formula is C13H14N4O3S. The minimum Gasteiger partial charge on any atom is -0.354 e. The Hall–Kier alpha value is -2.22. The van der Waals surface area contributed by atoms with Crippen molar-refractivity contribution < 1.29 is 9.59 Å². The molecule has 0 aromatic carbocycles. The van der Waals surface area contributed by atoms with Gasteiger partial charge in [0.1, 0.15) is 4.83 Å². The van der Waals surface area contributed by atoms with E-state index in [1.165, 1.54) is 17.7 Å². The van der Waals surface area contributed by atoms with Gasteiger partial charge < -0.3 is 15.2 Å². The molecule has 0 radical (unpaired) electrons. The molecule has 0 bridgehead atoms. The number of aryl methyl sites for hydroxylation is 1. The number of carbonyl (C=O) groups excluding carboxylic acids is 2. The SMILES string of the molecule is Cc1c(C(=O)N2CCNC(=O)CC2)sc2nc[nH]c(=O)c12. The number of hydrogen-bond donors (Lipinski definition) is 2. The molecule has 0 atom stereocenters. The van der Waals surface area contributed by atoms with Crippen LogP contribution in [0.2, 0.25) is 0 Å². The standard InChI is InChI=1S/C13H14N4O3S/c1-7-9-11(19)15-6-16-12(9)21-10(7)13(20)17-4-2-8(18)14-3-5-17/h6H,2-5H2,1H3,(H,14,18)(H,15,16,19). The minimum atomic E-state index is -0.236. The second kappa shape index (κ2) is 5.28. The molecule has 2 aromatic rings. The van der Waals surface area contributed by atoms with Crippen LogP contribution in [0.15, 0.2) is 11.1 Å². The number of rotatable bonds is 1. The van der Waals surface area contributed by atoms with Gasteiger partial charge in [0.15, 0.2) is 0 Å². The predicted molar refractivity (Wildman–Crippen MR) is 78.5 cm³/mol. The molecule has 3 rings (SSSR count). The summed E-state index contributed by atoms with van der Waals surface area (Å²) in [6, 6.07) is 0. The minimum absolute atomic E-state index is 0.0449. The van der Waals surface area contributed by atoms with Gasteiger partial charge in [0.05, 0.1) is 16.6 Å². The molecule has 0 saturated carbocycles. The predicted octanol–water partition coefficient (Wildman–Crippen LogP) is 0.255. The first-order valence-corrected chi connectivity index (χ1v) is 7.42. The fourth-order valence-electron chi connectivity index (χ4n) is 2.40. The second-order valence-corrected chi connectivity index (χ2v) is 5.86. The molecule has 110 valence electrons. The Morgan fingerprint density at radius 3 is 2.95 bits per heavy atom. The molecule has 0 spiro atoms. The first-order chi connectivity index (χ1) is 10.1. The maximum absolute atomic E-state index is 12.6. The Labute approximate surface area is 124 Å². The van der Waals surface area contributed by atoms with Gasteiger partial charge in [-0.15, -0.1) is 11.3 Å². The van der Waals surface area contributed by atoms with Crippen LogP contribution in [-0.4, -0.2) is 46.3 Å². The molecule has 8 heteroatoms. The summed E-state index contributed by atoms with van der Waals surface area (Å²) >= 11 is 1.22. The van der Waals surface area contributed by atoms with Crippen LogP contribution in [0, 0.1) is 6.92 Å². The van der Waals surface area contributed by atoms with Crippen molar-refractivity contribution in [3.63, 3.8) is 0 Å². The van der Waals surface area contributed by atoms with Gasteiger partial charge in [-0.1, -0.05) is 0 Å². The maximum Gasteiger partial charge on any atom is 0.264 e. The fraction of sp³-hybridized carbons (Fsp3) is 0.385. The zero-order valence-electron chi connectivity index (χ0n) is 11.4. The van der Waals surface area contributed by atoms with Crippen LogP contribution < -0.4 is 10.9 Å². The zero-order valence-corrected chi connectivity index (χ0v) is 12.2. The Morgan fingerprint density at radius 1 is 1.38 bits per heavy atom. The van der Waals surface area contributed by atoms with Crippen molar-refractivity contribution in [1.82, 2.24) is 20.2 Å². The van der Waals surface area contributed by atoms with Gasteiger partial charge in [0.2, 0.25) is 5.91 Å². The van der Waals surface area contributed by atoms with Crippen LogP contribution in [0.3, 0.4) is 0 Å². The van der Waals surface area contributed by atoms with Crippen molar-refractivity contribution in [2.24, 2.45) is 0 Å². The summed E-state index contributed by atoms with van der Waals surface area (Å²) in [5.74, 6) is -0.192. The van der Waals surface area contributed by atoms with E-state index in [1.807, 2.05) is 0 Å². The van der Waals surface area contributed by atoms with Crippen LogP contribution in [0.4, 0.5) is 0 Å². The first kappa shape index (κ1) is 13.7. The number of H-pyrrole nitrogens is 1. The second-order valence-electron chi connectivity index (χ2n) is 4.86. The van der Waals surface area contributed by atoms with E-state index in [2.05, 4.69) is 15.3 Å². The van der Waals surface area contributed by atoms with Gasteiger partial charge in [-0.2, -0.15) is 0 Å². The largest absolute Gasteiger partial charge is 0.354 e. The van der Waals surface area contributed by atoms with Crippen LogP contribution in [-0.2, 0) is 4.79 Å². The summed E-state index contributed by atoms with van der Waals surface area (Å²) in [6.45, 7) is 3.07. The number of aromatic nitrogens is 2. The van der Waals surface area contributed by atoms with E-state index in [4.69, 9.17) is 0 Å². The monoisotopic (exact) mass is 306 g/mol. The summed E-state index contributed by atoms with van der Waals surface area (Å²) in [5, 5.41) is 3.20. The highest BCUT2D eigenvalue weighted by atomic mass is 32.1. The third kappa shape index (κ3) is 2.42. The van der Waals surface area contributed by atoms with Gasteiger partial charge in [0.25, 0.3) is 11.5 Å². The van der Waals surface area contributed by atoms with Gasteiger partial charge in [-0.05, 0) is 12.5 Å². The first-order valence-electron chi connectivity index (χ1n) is 6.60. The highest BCUT2D eigenvalue weighted by molar-refractivity contribution is 7.20. The van der Waals surface area contributed by atoms with Gasteiger partial charge in [-0.25, -0.2) is 4.98 Å². The summed E-state index contributed by atoms with van der Waals surface area (Å²) in [6.07, 6.45) is 1.64. The summed E-state index contributed by atoms with van der Waals surface area (Å²) in [4.78, 5) is 45.1. The molecule has 1 aliphatic heterocycles. The van der Waals surface area contributed by atoms with Gasteiger partial charge >= 0.3 is 0 Å². The molecule has 2 amide bonds. The van der Waals surface area contributed by atoms with Gasteiger partial charge in [0, 0.05) is 26.1 Å². The summed E-state index contributed by atoms with van der Waals surface area (Å²) in [5.41, 5.74) is 0.415. The quantitative estimate of drug-likeness (QED) is 0.790. The number of nitrogens with zero attached hydrogens (tertiary/aromatic N) is 2. The number of hydrogen-bond acceptors (Lipinski definition) is 5. The Balaban J connectivity index is 1.98. The Bertz CT molecular complexity index is 779. The molecule has 1 saturated heterocycles. The lowest BCUT2D eigenvalue weighted by Gasteiger charge is -2.18. The van der Waals surface area contributed by atoms with Crippen LogP contribution >= 0.6 is 11.3 Å². The Kier molecular flexibility index (Phi) is 3.46. The maximum atomic E-state index is 12.6. The lowest BCUT2D eigenvalue weighted by atomic mass is 10.2. The number of fused-ring (bicyclic) bond motifs is 1. The average molecular weight is 306 g/mol. The third-order valence-corrected chi connectivity index (χ3v) is 4.71. The summed E-state index contributed by atoms with van der Waals surface area (Å²) in [7, 11) is 0. The molecule has 3 heterocycles. The van der Waals surface area contributed by atoms with E-state index in [1.54, 1.807) is 11.8 Å². The van der Waals surface area contributed by atoms with E-state index in [-0.39, 0.29) is 17.4 Å². The van der Waals surface area contributed by atoms with Crippen molar-refractivity contribution in [3.8, 4) is 0 Å². The lowest BCUT2D eigenvalue weighted by Crippen LogP contribution is -2.34. The number of nitrogens with one attached hydrogen (secondary N) is 2. The van der Waals surface area contributed by atoms with Crippen LogP contribution in [0.25, 0.3) is 10.2 Å². The highest BCUT2D eigenvalue weighted by Gasteiger charge is 2.24. The fourth-order valence-corrected chi connectivity index (χ4v) is 3.51. The van der Waals surface area contributed by atoms with E-state index in [0.29, 0.717) is 46.7 Å². The molecule has 7 nitrogen and oxygen atoms in total. The van der Waals surface area contributed by atoms with Crippen molar-refractivity contribution >= 4 is 33.4 Å². The molecule has 1 fully saturated rings. The van der Waals surface area contributed by atoms with Crippen LogP contribution in [0.1, 0.15) is 21.7 Å². The summed E-state index contributed by atoms with van der Waals surface area (Å²) < 4.78 is 0. The number of aromatic amines is 1. The van der Waals surface area contributed by atoms with Crippen LogP contribution in [0.5, 0.6) is 0 Å². The number of thiophene rings is 1. The highest BCUT2D eigenvalue weighted by Crippen LogP contribution is 2.27. The third-order valence-electron chi connectivity index (χ3n) is 3.53. The molecule has 0 unspecified atom stereocenters. The van der Waals surface area contributed by atoms with Crippen molar-refractivity contribution in [1.29, 1.82) is 0 Å². The average Bonchev–Trinajstić information content (AvgIpc) is 2.65. The molecule has 0 aliphatic carbocycles.